The fraction of sp³-hybridized carbons (Fsp3) is 0.391. The highest BCUT2D eigenvalue weighted by atomic mass is 16.5. The third-order valence-electron chi connectivity index (χ3n) is 5.21. The summed E-state index contributed by atoms with van der Waals surface area (Å²) in [6.07, 6.45) is 1.74. The first-order chi connectivity index (χ1) is 15.1. The van der Waals surface area contributed by atoms with E-state index in [2.05, 4.69) is 15.0 Å². The van der Waals surface area contributed by atoms with Crippen molar-refractivity contribution in [3.05, 3.63) is 58.6 Å². The van der Waals surface area contributed by atoms with Gasteiger partial charge in [0.05, 0.1) is 12.5 Å². The van der Waals surface area contributed by atoms with Gasteiger partial charge in [0.1, 0.15) is 0 Å². The summed E-state index contributed by atoms with van der Waals surface area (Å²) in [4.78, 5) is 34.1. The van der Waals surface area contributed by atoms with Crippen LogP contribution in [0.25, 0.3) is 10.8 Å². The van der Waals surface area contributed by atoms with Gasteiger partial charge >= 0.3 is 0 Å². The lowest BCUT2D eigenvalue weighted by atomic mass is 10.1. The van der Waals surface area contributed by atoms with Crippen LogP contribution in [0.3, 0.4) is 0 Å². The van der Waals surface area contributed by atoms with Crippen LogP contribution in [0.15, 0.2) is 47.4 Å². The van der Waals surface area contributed by atoms with Crippen LogP contribution in [0.4, 0.5) is 5.82 Å². The summed E-state index contributed by atoms with van der Waals surface area (Å²) in [6.45, 7) is 8.63. The van der Waals surface area contributed by atoms with Gasteiger partial charge in [-0.3, -0.25) is 9.59 Å². The van der Waals surface area contributed by atoms with E-state index in [0.29, 0.717) is 49.2 Å². The van der Waals surface area contributed by atoms with Gasteiger partial charge in [0, 0.05) is 44.3 Å². The number of fused-ring (bicyclic) bond motifs is 1. The molecule has 4 rings (SSSR count). The average Bonchev–Trinajstić information content (AvgIpc) is 2.85. The molecule has 8 heteroatoms. The predicted octanol–water partition coefficient (Wildman–Crippen LogP) is 2.81. The molecule has 0 atom stereocenters. The lowest BCUT2D eigenvalue weighted by molar-refractivity contribution is 0.0740. The first-order valence-electron chi connectivity index (χ1n) is 10.7. The molecule has 1 aliphatic rings. The summed E-state index contributed by atoms with van der Waals surface area (Å²) in [5.41, 5.74) is 0.151. The monoisotopic (exact) mass is 423 g/mol. The highest BCUT2D eigenvalue weighted by molar-refractivity contribution is 6.04. The molecule has 164 valence electrons. The van der Waals surface area contributed by atoms with E-state index in [1.807, 2.05) is 39.0 Å². The number of benzene rings is 1. The summed E-state index contributed by atoms with van der Waals surface area (Å²) in [5, 5.41) is 5.48. The molecule has 1 aliphatic heterocycles. The van der Waals surface area contributed by atoms with E-state index < -0.39 is 0 Å². The number of piperazine rings is 1. The maximum Gasteiger partial charge on any atom is 0.275 e. The molecule has 3 heterocycles. The molecular weight excluding hydrogens is 394 g/mol. The topological polar surface area (TPSA) is 80.6 Å². The van der Waals surface area contributed by atoms with Crippen molar-refractivity contribution < 1.29 is 9.53 Å². The van der Waals surface area contributed by atoms with Crippen LogP contribution in [-0.2, 0) is 6.54 Å². The van der Waals surface area contributed by atoms with Crippen LogP contribution < -0.4 is 15.2 Å². The number of carbonyl (C=O) groups excluding carboxylic acids is 1. The quantitative estimate of drug-likeness (QED) is 0.642. The maximum atomic E-state index is 13.2. The molecular formula is C23H29N5O3. The third kappa shape index (κ3) is 4.38. The molecule has 1 aromatic carbocycles. The number of aryl methyl sites for hydroxylation is 1. The number of rotatable bonds is 4. The average molecular weight is 424 g/mol. The predicted molar refractivity (Wildman–Crippen MR) is 122 cm³/mol. The lowest BCUT2D eigenvalue weighted by Crippen LogP contribution is -2.49. The molecule has 0 unspecified atom stereocenters. The molecule has 0 N–H and O–H groups in total. The molecule has 0 radical (unpaired) electrons. The van der Waals surface area contributed by atoms with E-state index in [-0.39, 0.29) is 11.5 Å². The van der Waals surface area contributed by atoms with E-state index >= 15 is 0 Å². The Labute approximate surface area is 182 Å². The second kappa shape index (κ2) is 10.1. The molecule has 1 amide bonds. The summed E-state index contributed by atoms with van der Waals surface area (Å²) in [5.74, 6) is 1.34. The van der Waals surface area contributed by atoms with Crippen LogP contribution in [0.2, 0.25) is 0 Å². The van der Waals surface area contributed by atoms with E-state index in [4.69, 9.17) is 4.74 Å². The van der Waals surface area contributed by atoms with Crippen molar-refractivity contribution in [1.82, 2.24) is 19.7 Å². The number of hydrogen-bond donors (Lipinski definition) is 0. The maximum absolute atomic E-state index is 13.2. The number of hydrogen-bond acceptors (Lipinski definition) is 6. The van der Waals surface area contributed by atoms with Crippen LogP contribution in [-0.4, -0.2) is 58.9 Å². The van der Waals surface area contributed by atoms with Crippen LogP contribution in [0, 0.1) is 0 Å². The van der Waals surface area contributed by atoms with E-state index in [1.54, 1.807) is 36.4 Å². The van der Waals surface area contributed by atoms with Crippen LogP contribution in [0.1, 0.15) is 31.3 Å². The van der Waals surface area contributed by atoms with Crippen LogP contribution >= 0.6 is 0 Å². The number of aromatic nitrogens is 3. The van der Waals surface area contributed by atoms with E-state index in [1.165, 1.54) is 4.68 Å². The molecule has 2 aromatic heterocycles. The zero-order valence-corrected chi connectivity index (χ0v) is 18.5. The molecule has 1 fully saturated rings. The van der Waals surface area contributed by atoms with Crippen molar-refractivity contribution in [2.24, 2.45) is 0 Å². The fourth-order valence-electron chi connectivity index (χ4n) is 3.66. The lowest BCUT2D eigenvalue weighted by Gasteiger charge is -2.35. The first-order valence-corrected chi connectivity index (χ1v) is 10.7. The highest BCUT2D eigenvalue weighted by Gasteiger charge is 2.27. The Morgan fingerprint density at radius 3 is 2.35 bits per heavy atom. The van der Waals surface area contributed by atoms with Gasteiger partial charge in [0.15, 0.2) is 17.3 Å². The standard InChI is InChI=1S/C21H23N5O3.C2H6/c1-3-26-20(27)16-8-5-4-7-15(16)18(23-26)21(28)25-13-11-24(12-14-25)19-17(29-2)9-6-10-22-19;1-2/h4-10H,3,11-14H2,1-2H3;1-2H3. The Balaban J connectivity index is 0.00000132. The van der Waals surface area contributed by atoms with Gasteiger partial charge in [-0.25, -0.2) is 9.67 Å². The number of amides is 1. The van der Waals surface area contributed by atoms with Crippen molar-refractivity contribution >= 4 is 22.5 Å². The van der Waals surface area contributed by atoms with E-state index in [9.17, 15) is 9.59 Å². The van der Waals surface area contributed by atoms with Crippen molar-refractivity contribution in [3.63, 3.8) is 0 Å². The number of pyridine rings is 1. The summed E-state index contributed by atoms with van der Waals surface area (Å²) >= 11 is 0. The third-order valence-corrected chi connectivity index (χ3v) is 5.21. The van der Waals surface area contributed by atoms with Crippen molar-refractivity contribution in [1.29, 1.82) is 0 Å². The minimum absolute atomic E-state index is 0.156. The number of methoxy groups -OCH3 is 1. The molecule has 0 saturated carbocycles. The van der Waals surface area contributed by atoms with Gasteiger partial charge < -0.3 is 14.5 Å². The minimum atomic E-state index is -0.174. The minimum Gasteiger partial charge on any atom is -0.493 e. The highest BCUT2D eigenvalue weighted by Crippen LogP contribution is 2.26. The second-order valence-corrected chi connectivity index (χ2v) is 6.82. The fourth-order valence-corrected chi connectivity index (χ4v) is 3.66. The van der Waals surface area contributed by atoms with Crippen LogP contribution in [0.5, 0.6) is 5.75 Å². The number of carbonyl (C=O) groups is 1. The Kier molecular flexibility index (Phi) is 7.23. The molecule has 0 bridgehead atoms. The molecule has 3 aromatic rings. The molecule has 31 heavy (non-hydrogen) atoms. The second-order valence-electron chi connectivity index (χ2n) is 6.82. The zero-order valence-electron chi connectivity index (χ0n) is 18.5. The number of ether oxygens (including phenoxy) is 1. The first kappa shape index (κ1) is 22.3. The van der Waals surface area contributed by atoms with Gasteiger partial charge in [0.25, 0.3) is 11.5 Å². The zero-order chi connectivity index (χ0) is 22.4. The number of anilines is 1. The Bertz CT molecular complexity index is 1100. The summed E-state index contributed by atoms with van der Waals surface area (Å²) in [6, 6.07) is 10.9. The van der Waals surface area contributed by atoms with Crippen molar-refractivity contribution in [3.8, 4) is 5.75 Å². The van der Waals surface area contributed by atoms with E-state index in [0.717, 1.165) is 11.6 Å². The molecule has 0 aliphatic carbocycles. The van der Waals surface area contributed by atoms with Gasteiger partial charge in [0.2, 0.25) is 0 Å². The molecule has 8 nitrogen and oxygen atoms in total. The molecule has 1 saturated heterocycles. The summed E-state index contributed by atoms with van der Waals surface area (Å²) < 4.78 is 6.75. The Hall–Kier alpha value is -3.42. The van der Waals surface area contributed by atoms with Gasteiger partial charge in [-0.1, -0.05) is 32.0 Å². The number of nitrogens with zero attached hydrogens (tertiary/aromatic N) is 5. The normalized spacial score (nSPS) is 13.5. The molecule has 0 spiro atoms. The van der Waals surface area contributed by atoms with Gasteiger partial charge in [-0.15, -0.1) is 0 Å². The summed E-state index contributed by atoms with van der Waals surface area (Å²) in [7, 11) is 1.62. The smallest absolute Gasteiger partial charge is 0.275 e. The largest absolute Gasteiger partial charge is 0.493 e. The van der Waals surface area contributed by atoms with Gasteiger partial charge in [-0.2, -0.15) is 5.10 Å². The Morgan fingerprint density at radius 1 is 1.03 bits per heavy atom. The van der Waals surface area contributed by atoms with Crippen molar-refractivity contribution in [2.75, 3.05) is 38.2 Å². The Morgan fingerprint density at radius 2 is 1.71 bits per heavy atom. The van der Waals surface area contributed by atoms with Gasteiger partial charge in [-0.05, 0) is 25.1 Å². The van der Waals surface area contributed by atoms with Crippen molar-refractivity contribution in [2.45, 2.75) is 27.3 Å². The SMILES string of the molecule is CC.CCn1nc(C(=O)N2CCN(c3ncccc3OC)CC2)c2ccccc2c1=O.